The molecule has 0 N–H and O–H groups in total. The van der Waals surface area contributed by atoms with E-state index in [9.17, 15) is 4.79 Å². The Kier molecular flexibility index (Phi) is 4.11. The van der Waals surface area contributed by atoms with Crippen LogP contribution in [0.2, 0.25) is 0 Å². The Hall–Kier alpha value is -0.610. The highest BCUT2D eigenvalue weighted by Crippen LogP contribution is 2.17. The van der Waals surface area contributed by atoms with Crippen molar-refractivity contribution in [3.8, 4) is 0 Å². The first kappa shape index (κ1) is 12.5. The third-order valence-corrected chi connectivity index (χ3v) is 3.63. The summed E-state index contributed by atoms with van der Waals surface area (Å²) in [6.07, 6.45) is 0. The highest BCUT2D eigenvalue weighted by atomic mass is 79.9. The molecule has 15 heavy (non-hydrogen) atoms. The molecule has 0 aliphatic heterocycles. The number of rotatable bonds is 3. The van der Waals surface area contributed by atoms with Crippen LogP contribution in [-0.4, -0.2) is 15.4 Å². The van der Waals surface area contributed by atoms with Gasteiger partial charge in [-0.15, -0.1) is 11.6 Å². The summed E-state index contributed by atoms with van der Waals surface area (Å²) >= 11 is 9.02. The Labute approximate surface area is 102 Å². The van der Waals surface area contributed by atoms with Crippen molar-refractivity contribution in [3.05, 3.63) is 38.5 Å². The first-order valence-electron chi connectivity index (χ1n) is 4.43. The molecule has 0 aliphatic carbocycles. The van der Waals surface area contributed by atoms with Crippen LogP contribution in [0.15, 0.2) is 21.4 Å². The lowest BCUT2D eigenvalue weighted by molar-refractivity contribution is 0.682. The van der Waals surface area contributed by atoms with Crippen molar-refractivity contribution in [2.24, 2.45) is 0 Å². The minimum absolute atomic E-state index is 0.264. The summed E-state index contributed by atoms with van der Waals surface area (Å²) in [5, 5.41) is 0. The van der Waals surface area contributed by atoms with E-state index in [4.69, 9.17) is 11.6 Å². The fraction of sp³-hybridized carbons (Fsp3) is 0.400. The van der Waals surface area contributed by atoms with E-state index in [-0.39, 0.29) is 5.69 Å². The fourth-order valence-electron chi connectivity index (χ4n) is 1.23. The van der Waals surface area contributed by atoms with Gasteiger partial charge in [-0.1, -0.05) is 6.58 Å². The normalized spacial score (nSPS) is 10.4. The number of allylic oxidation sites excluding steroid dienone is 1. The lowest BCUT2D eigenvalue weighted by atomic mass is 10.3. The summed E-state index contributed by atoms with van der Waals surface area (Å²) < 4.78 is 2.41. The largest absolute Gasteiger partial charge is 0.348 e. The van der Waals surface area contributed by atoms with Crippen LogP contribution < -0.4 is 5.69 Å². The molecule has 0 saturated heterocycles. The molecule has 0 radical (unpaired) electrons. The number of hydrogen-bond acceptors (Lipinski definition) is 2. The number of nitrogens with zero attached hydrogens (tertiary/aromatic N) is 2. The first-order valence-corrected chi connectivity index (χ1v) is 5.76. The molecule has 0 atom stereocenters. The molecule has 3 nitrogen and oxygen atoms in total. The maximum atomic E-state index is 11.6. The average Bonchev–Trinajstić information content (AvgIpc) is 2.21. The molecule has 0 amide bonds. The van der Waals surface area contributed by atoms with E-state index in [1.165, 1.54) is 0 Å². The van der Waals surface area contributed by atoms with Gasteiger partial charge >= 0.3 is 5.69 Å². The van der Waals surface area contributed by atoms with Crippen LogP contribution in [-0.2, 0) is 6.54 Å². The van der Waals surface area contributed by atoms with Gasteiger partial charge in [-0.05, 0) is 35.4 Å². The van der Waals surface area contributed by atoms with Gasteiger partial charge in [0.2, 0.25) is 0 Å². The second kappa shape index (κ2) is 4.94. The van der Waals surface area contributed by atoms with Crippen LogP contribution in [0.3, 0.4) is 0 Å². The zero-order valence-corrected chi connectivity index (χ0v) is 11.0. The van der Waals surface area contributed by atoms with Crippen LogP contribution in [0.1, 0.15) is 11.4 Å². The minimum atomic E-state index is -0.264. The zero-order chi connectivity index (χ0) is 11.6. The average molecular weight is 292 g/mol. The zero-order valence-electron chi connectivity index (χ0n) is 8.68. The summed E-state index contributed by atoms with van der Waals surface area (Å²) in [5.41, 5.74) is 2.07. The Bertz CT molecular complexity index is 453. The Morgan fingerprint density at radius 2 is 2.20 bits per heavy atom. The van der Waals surface area contributed by atoms with Gasteiger partial charge in [-0.2, -0.15) is 4.98 Å². The molecule has 0 unspecified atom stereocenters. The second-order valence-electron chi connectivity index (χ2n) is 3.35. The van der Waals surface area contributed by atoms with Crippen molar-refractivity contribution in [1.29, 1.82) is 0 Å². The summed E-state index contributed by atoms with van der Waals surface area (Å²) in [5.74, 6) is 0.345. The van der Waals surface area contributed by atoms with E-state index < -0.39 is 0 Å². The maximum Gasteiger partial charge on any atom is 0.348 e. The summed E-state index contributed by atoms with van der Waals surface area (Å²) in [7, 11) is 0. The number of halogens is 2. The van der Waals surface area contributed by atoms with Crippen LogP contribution in [0.4, 0.5) is 0 Å². The van der Waals surface area contributed by atoms with Crippen LogP contribution in [0.25, 0.3) is 0 Å². The van der Waals surface area contributed by atoms with E-state index in [1.54, 1.807) is 11.5 Å². The molecule has 1 aromatic heterocycles. The van der Waals surface area contributed by atoms with Crippen LogP contribution in [0, 0.1) is 13.8 Å². The SMILES string of the molecule is C=C(CCl)Cn1c(C)c(Br)c(C)nc1=O. The standard InChI is InChI=1S/C10H12BrClN2O/c1-6(4-12)5-14-8(3)9(11)7(2)13-10(14)15/h1,4-5H2,2-3H3. The lowest BCUT2D eigenvalue weighted by Gasteiger charge is -2.12. The molecule has 0 fully saturated rings. The molecule has 82 valence electrons. The smallest absolute Gasteiger partial charge is 0.291 e. The van der Waals surface area contributed by atoms with Crippen LogP contribution >= 0.6 is 27.5 Å². The van der Waals surface area contributed by atoms with Gasteiger partial charge in [0.05, 0.1) is 10.2 Å². The molecule has 0 aliphatic rings. The van der Waals surface area contributed by atoms with Crippen molar-refractivity contribution in [1.82, 2.24) is 9.55 Å². The monoisotopic (exact) mass is 290 g/mol. The Morgan fingerprint density at radius 3 is 2.73 bits per heavy atom. The predicted octanol–water partition coefficient (Wildman–Crippen LogP) is 2.42. The molecule has 5 heteroatoms. The molecule has 1 rings (SSSR count). The van der Waals surface area contributed by atoms with Crippen molar-refractivity contribution in [2.75, 3.05) is 5.88 Å². The van der Waals surface area contributed by atoms with Gasteiger partial charge in [0.15, 0.2) is 0 Å². The minimum Gasteiger partial charge on any atom is -0.291 e. The van der Waals surface area contributed by atoms with Gasteiger partial charge in [0.25, 0.3) is 0 Å². The number of alkyl halides is 1. The Morgan fingerprint density at radius 1 is 1.60 bits per heavy atom. The van der Waals surface area contributed by atoms with Crippen LogP contribution in [0.5, 0.6) is 0 Å². The highest BCUT2D eigenvalue weighted by molar-refractivity contribution is 9.10. The molecule has 0 bridgehead atoms. The first-order chi connectivity index (χ1) is 6.97. The maximum absolute atomic E-state index is 11.6. The molecule has 0 saturated carbocycles. The van der Waals surface area contributed by atoms with E-state index in [0.717, 1.165) is 15.7 Å². The second-order valence-corrected chi connectivity index (χ2v) is 4.41. The van der Waals surface area contributed by atoms with Gasteiger partial charge in [0.1, 0.15) is 0 Å². The molecule has 1 aromatic rings. The molecule has 0 aromatic carbocycles. The van der Waals surface area contributed by atoms with Gasteiger partial charge < -0.3 is 0 Å². The molecular weight excluding hydrogens is 279 g/mol. The number of hydrogen-bond donors (Lipinski definition) is 0. The van der Waals surface area contributed by atoms with Gasteiger partial charge in [-0.25, -0.2) is 4.79 Å². The number of aromatic nitrogens is 2. The topological polar surface area (TPSA) is 34.9 Å². The van der Waals surface area contributed by atoms with E-state index in [2.05, 4.69) is 27.5 Å². The van der Waals surface area contributed by atoms with E-state index >= 15 is 0 Å². The molecule has 1 heterocycles. The highest BCUT2D eigenvalue weighted by Gasteiger charge is 2.09. The van der Waals surface area contributed by atoms with E-state index in [1.807, 2.05) is 6.92 Å². The third-order valence-electron chi connectivity index (χ3n) is 2.11. The lowest BCUT2D eigenvalue weighted by Crippen LogP contribution is -2.27. The van der Waals surface area contributed by atoms with Crippen molar-refractivity contribution < 1.29 is 0 Å². The summed E-state index contributed by atoms with van der Waals surface area (Å²) in [6, 6.07) is 0. The fourth-order valence-corrected chi connectivity index (χ4v) is 1.62. The quantitative estimate of drug-likeness (QED) is 0.633. The van der Waals surface area contributed by atoms with Crippen molar-refractivity contribution >= 4 is 27.5 Å². The van der Waals surface area contributed by atoms with Gasteiger partial charge in [0, 0.05) is 18.1 Å². The van der Waals surface area contributed by atoms with E-state index in [0.29, 0.717) is 18.1 Å². The summed E-state index contributed by atoms with van der Waals surface area (Å²) in [4.78, 5) is 15.5. The van der Waals surface area contributed by atoms with Crippen molar-refractivity contribution in [3.63, 3.8) is 0 Å². The molecule has 0 spiro atoms. The number of aryl methyl sites for hydroxylation is 1. The Balaban J connectivity index is 3.24. The van der Waals surface area contributed by atoms with Gasteiger partial charge in [-0.3, -0.25) is 4.57 Å². The molecular formula is C10H12BrClN2O. The summed E-state index contributed by atoms with van der Waals surface area (Å²) in [6.45, 7) is 7.84. The third kappa shape index (κ3) is 2.69. The predicted molar refractivity (Wildman–Crippen MR) is 65.5 cm³/mol. The van der Waals surface area contributed by atoms with Crippen molar-refractivity contribution in [2.45, 2.75) is 20.4 Å².